The van der Waals surface area contributed by atoms with Gasteiger partial charge in [0.2, 0.25) is 0 Å². The number of rotatable bonds is 7. The lowest BCUT2D eigenvalue weighted by molar-refractivity contribution is 0.201. The van der Waals surface area contributed by atoms with Gasteiger partial charge in [-0.3, -0.25) is 0 Å². The zero-order chi connectivity index (χ0) is 16.9. The van der Waals surface area contributed by atoms with Gasteiger partial charge in [-0.05, 0) is 44.0 Å². The third-order valence-electron chi connectivity index (χ3n) is 4.49. The summed E-state index contributed by atoms with van der Waals surface area (Å²) >= 11 is 0. The van der Waals surface area contributed by atoms with Gasteiger partial charge in [-0.1, -0.05) is 24.3 Å². The number of nitrogens with zero attached hydrogens (tertiary/aromatic N) is 1. The first-order valence-corrected chi connectivity index (χ1v) is 10.3. The first-order chi connectivity index (χ1) is 10.9. The Morgan fingerprint density at radius 1 is 1.35 bits per heavy atom. The number of hydrogen-bond acceptors (Lipinski definition) is 5. The third kappa shape index (κ3) is 6.22. The van der Waals surface area contributed by atoms with Gasteiger partial charge in [0.1, 0.15) is 9.84 Å². The van der Waals surface area contributed by atoms with E-state index in [1.54, 1.807) is 0 Å². The molecule has 1 atom stereocenters. The number of likely N-dealkylation sites (tertiary alicyclic amines) is 1. The van der Waals surface area contributed by atoms with Crippen LogP contribution in [0.3, 0.4) is 0 Å². The largest absolute Gasteiger partial charge is 0.392 e. The van der Waals surface area contributed by atoms with Gasteiger partial charge in [0.25, 0.3) is 0 Å². The second kappa shape index (κ2) is 8.24. The minimum atomic E-state index is -2.88. The van der Waals surface area contributed by atoms with Gasteiger partial charge in [-0.25, -0.2) is 8.42 Å². The van der Waals surface area contributed by atoms with Crippen LogP contribution in [0.4, 0.5) is 0 Å². The maximum atomic E-state index is 11.2. The molecule has 0 aliphatic carbocycles. The number of benzene rings is 1. The van der Waals surface area contributed by atoms with E-state index in [4.69, 9.17) is 0 Å². The fourth-order valence-electron chi connectivity index (χ4n) is 3.03. The van der Waals surface area contributed by atoms with Crippen LogP contribution in [0.5, 0.6) is 0 Å². The molecule has 1 saturated heterocycles. The summed E-state index contributed by atoms with van der Waals surface area (Å²) in [4.78, 5) is 2.23. The summed E-state index contributed by atoms with van der Waals surface area (Å²) < 4.78 is 22.5. The van der Waals surface area contributed by atoms with Crippen LogP contribution in [0.2, 0.25) is 0 Å². The third-order valence-corrected chi connectivity index (χ3v) is 5.41. The summed E-state index contributed by atoms with van der Waals surface area (Å²) in [6.07, 6.45) is 3.37. The van der Waals surface area contributed by atoms with Crippen molar-refractivity contribution in [2.45, 2.75) is 38.5 Å². The van der Waals surface area contributed by atoms with E-state index < -0.39 is 9.84 Å². The minimum Gasteiger partial charge on any atom is -0.392 e. The zero-order valence-electron chi connectivity index (χ0n) is 14.0. The SMILES string of the molecule is CC(NC1CCN(CCS(C)(=O)=O)CC1)c1cccc(CO)c1. The van der Waals surface area contributed by atoms with Gasteiger partial charge in [0, 0.05) is 24.9 Å². The Hall–Kier alpha value is -0.950. The molecule has 2 N–H and O–H groups in total. The average molecular weight is 340 g/mol. The molecule has 0 saturated carbocycles. The van der Waals surface area contributed by atoms with Gasteiger partial charge < -0.3 is 15.3 Å². The van der Waals surface area contributed by atoms with Gasteiger partial charge >= 0.3 is 0 Å². The average Bonchev–Trinajstić information content (AvgIpc) is 2.53. The van der Waals surface area contributed by atoms with E-state index in [2.05, 4.69) is 23.2 Å². The van der Waals surface area contributed by atoms with Crippen LogP contribution in [-0.4, -0.2) is 56.1 Å². The van der Waals surface area contributed by atoms with Crippen LogP contribution in [-0.2, 0) is 16.4 Å². The highest BCUT2D eigenvalue weighted by Crippen LogP contribution is 2.18. The molecule has 23 heavy (non-hydrogen) atoms. The Kier molecular flexibility index (Phi) is 6.59. The molecule has 1 aliphatic heterocycles. The summed E-state index contributed by atoms with van der Waals surface area (Å²) in [6.45, 7) is 4.73. The predicted molar refractivity (Wildman–Crippen MR) is 93.1 cm³/mol. The number of piperidine rings is 1. The zero-order valence-corrected chi connectivity index (χ0v) is 14.8. The van der Waals surface area contributed by atoms with E-state index in [0.717, 1.165) is 31.5 Å². The molecule has 6 heteroatoms. The summed E-state index contributed by atoms with van der Waals surface area (Å²) in [5.74, 6) is 0.245. The molecule has 5 nitrogen and oxygen atoms in total. The van der Waals surface area contributed by atoms with Crippen LogP contribution in [0.25, 0.3) is 0 Å². The molecule has 1 fully saturated rings. The highest BCUT2D eigenvalue weighted by Gasteiger charge is 2.21. The molecule has 0 amide bonds. The van der Waals surface area contributed by atoms with Crippen molar-refractivity contribution in [1.29, 1.82) is 0 Å². The van der Waals surface area contributed by atoms with Gasteiger partial charge in [-0.15, -0.1) is 0 Å². The number of hydrogen-bond donors (Lipinski definition) is 2. The monoisotopic (exact) mass is 340 g/mol. The van der Waals surface area contributed by atoms with Crippen LogP contribution < -0.4 is 5.32 Å². The van der Waals surface area contributed by atoms with E-state index in [0.29, 0.717) is 12.6 Å². The molecule has 0 radical (unpaired) electrons. The van der Waals surface area contributed by atoms with Gasteiger partial charge in [-0.2, -0.15) is 0 Å². The molecule has 1 unspecified atom stereocenters. The van der Waals surface area contributed by atoms with E-state index in [1.807, 2.05) is 18.2 Å². The highest BCUT2D eigenvalue weighted by atomic mass is 32.2. The quantitative estimate of drug-likeness (QED) is 0.784. The molecule has 1 aromatic carbocycles. The van der Waals surface area contributed by atoms with Crippen molar-refractivity contribution < 1.29 is 13.5 Å². The molecular formula is C17H28N2O3S. The molecule has 2 rings (SSSR count). The van der Waals surface area contributed by atoms with Crippen molar-refractivity contribution in [3.8, 4) is 0 Å². The summed E-state index contributed by atoms with van der Waals surface area (Å²) in [5.41, 5.74) is 2.13. The maximum Gasteiger partial charge on any atom is 0.148 e. The van der Waals surface area contributed by atoms with Crippen molar-refractivity contribution >= 4 is 9.84 Å². The molecule has 130 valence electrons. The van der Waals surface area contributed by atoms with Gasteiger partial charge in [0.05, 0.1) is 12.4 Å². The number of sulfone groups is 1. The van der Waals surface area contributed by atoms with Crippen molar-refractivity contribution in [2.24, 2.45) is 0 Å². The smallest absolute Gasteiger partial charge is 0.148 e. The van der Waals surface area contributed by atoms with E-state index in [9.17, 15) is 13.5 Å². The van der Waals surface area contributed by atoms with E-state index in [-0.39, 0.29) is 18.4 Å². The molecule has 0 bridgehead atoms. The highest BCUT2D eigenvalue weighted by molar-refractivity contribution is 7.90. The van der Waals surface area contributed by atoms with Crippen LogP contribution >= 0.6 is 0 Å². The number of nitrogens with one attached hydrogen (secondary N) is 1. The Morgan fingerprint density at radius 2 is 2.04 bits per heavy atom. The molecule has 1 heterocycles. The predicted octanol–water partition coefficient (Wildman–Crippen LogP) is 1.34. The van der Waals surface area contributed by atoms with E-state index >= 15 is 0 Å². The van der Waals surface area contributed by atoms with Crippen LogP contribution in [0.1, 0.15) is 36.9 Å². The maximum absolute atomic E-state index is 11.2. The molecule has 1 aromatic rings. The fourth-order valence-corrected chi connectivity index (χ4v) is 3.62. The number of aliphatic hydroxyl groups excluding tert-OH is 1. The van der Waals surface area contributed by atoms with Crippen molar-refractivity contribution in [3.63, 3.8) is 0 Å². The Balaban J connectivity index is 1.79. The summed E-state index contributed by atoms with van der Waals surface area (Å²) in [7, 11) is -2.88. The summed E-state index contributed by atoms with van der Waals surface area (Å²) in [5, 5.41) is 12.9. The summed E-state index contributed by atoms with van der Waals surface area (Å²) in [6, 6.07) is 8.73. The lowest BCUT2D eigenvalue weighted by Gasteiger charge is -2.34. The molecule has 0 spiro atoms. The lowest BCUT2D eigenvalue weighted by atomic mass is 10.0. The minimum absolute atomic E-state index is 0.0687. The first-order valence-electron chi connectivity index (χ1n) is 8.23. The normalized spacial score (nSPS) is 18.9. The van der Waals surface area contributed by atoms with Crippen molar-refractivity contribution in [1.82, 2.24) is 10.2 Å². The molecule has 1 aliphatic rings. The Morgan fingerprint density at radius 3 is 2.65 bits per heavy atom. The second-order valence-corrected chi connectivity index (χ2v) is 8.80. The topological polar surface area (TPSA) is 69.6 Å². The standard InChI is InChI=1S/C17H28N2O3S/c1-14(16-5-3-4-15(12-16)13-20)18-17-6-8-19(9-7-17)10-11-23(2,21)22/h3-5,12,14,17-18,20H,6-11,13H2,1-2H3. The van der Waals surface area contributed by atoms with Crippen LogP contribution in [0.15, 0.2) is 24.3 Å². The van der Waals surface area contributed by atoms with Crippen molar-refractivity contribution in [3.05, 3.63) is 35.4 Å². The number of aliphatic hydroxyl groups is 1. The second-order valence-electron chi connectivity index (χ2n) is 6.54. The Labute approximate surface area is 139 Å². The molecule has 0 aromatic heterocycles. The Bertz CT molecular complexity index is 596. The van der Waals surface area contributed by atoms with Crippen LogP contribution in [0, 0.1) is 0 Å². The lowest BCUT2D eigenvalue weighted by Crippen LogP contribution is -2.44. The van der Waals surface area contributed by atoms with E-state index in [1.165, 1.54) is 11.8 Å². The first kappa shape index (κ1) is 18.4. The van der Waals surface area contributed by atoms with Crippen molar-refractivity contribution in [2.75, 3.05) is 31.6 Å². The fraction of sp³-hybridized carbons (Fsp3) is 0.647. The van der Waals surface area contributed by atoms with Gasteiger partial charge in [0.15, 0.2) is 0 Å². The molecular weight excluding hydrogens is 312 g/mol.